The van der Waals surface area contributed by atoms with Crippen molar-refractivity contribution in [1.82, 2.24) is 5.32 Å². The van der Waals surface area contributed by atoms with E-state index in [2.05, 4.69) is 92.1 Å². The summed E-state index contributed by atoms with van der Waals surface area (Å²) in [4.78, 5) is 13.0. The molecule has 6 N–H and O–H groups in total. The summed E-state index contributed by atoms with van der Waals surface area (Å²) >= 11 is 0. The van der Waals surface area contributed by atoms with Crippen molar-refractivity contribution in [3.8, 4) is 0 Å². The van der Waals surface area contributed by atoms with Crippen molar-refractivity contribution < 1.29 is 39.8 Å². The van der Waals surface area contributed by atoms with Gasteiger partial charge in [0, 0.05) is 6.42 Å². The number of allylic oxidation sites excluding steroid dienone is 13. The van der Waals surface area contributed by atoms with Gasteiger partial charge in [-0.2, -0.15) is 0 Å². The number of rotatable bonds is 44. The Morgan fingerprint density at radius 3 is 1.45 bits per heavy atom. The van der Waals surface area contributed by atoms with Crippen LogP contribution in [0.3, 0.4) is 0 Å². The molecule has 1 heterocycles. The van der Waals surface area contributed by atoms with Crippen LogP contribution in [-0.4, -0.2) is 87.5 Å². The topological polar surface area (TPSA) is 149 Å². The Labute approximate surface area is 403 Å². The molecular weight excluding hydrogens is 827 g/mol. The van der Waals surface area contributed by atoms with Crippen molar-refractivity contribution in [3.63, 3.8) is 0 Å². The van der Waals surface area contributed by atoms with Gasteiger partial charge in [0.15, 0.2) is 6.29 Å². The zero-order chi connectivity index (χ0) is 48.0. The van der Waals surface area contributed by atoms with Crippen LogP contribution in [0.4, 0.5) is 0 Å². The lowest BCUT2D eigenvalue weighted by molar-refractivity contribution is -0.302. The summed E-state index contributed by atoms with van der Waals surface area (Å²) in [6.45, 7) is 3.64. The van der Waals surface area contributed by atoms with Gasteiger partial charge in [0.25, 0.3) is 0 Å². The van der Waals surface area contributed by atoms with Crippen LogP contribution in [0.15, 0.2) is 85.1 Å². The summed E-state index contributed by atoms with van der Waals surface area (Å²) in [6, 6.07) is -0.828. The van der Waals surface area contributed by atoms with Crippen molar-refractivity contribution in [2.75, 3.05) is 13.2 Å². The van der Waals surface area contributed by atoms with Gasteiger partial charge in [0.1, 0.15) is 24.4 Å². The molecule has 0 aromatic carbocycles. The minimum Gasteiger partial charge on any atom is -0.394 e. The van der Waals surface area contributed by atoms with Crippen molar-refractivity contribution in [2.24, 2.45) is 0 Å². The Kier molecular flexibility index (Phi) is 42.9. The van der Waals surface area contributed by atoms with E-state index in [1.165, 1.54) is 116 Å². The number of hydrogen-bond donors (Lipinski definition) is 6. The quantitative estimate of drug-likeness (QED) is 0.0261. The summed E-state index contributed by atoms with van der Waals surface area (Å²) in [7, 11) is 0. The van der Waals surface area contributed by atoms with Crippen LogP contribution in [-0.2, 0) is 14.3 Å². The smallest absolute Gasteiger partial charge is 0.220 e. The Bertz CT molecular complexity index is 1300. The van der Waals surface area contributed by atoms with E-state index in [9.17, 15) is 30.3 Å². The molecule has 0 spiro atoms. The van der Waals surface area contributed by atoms with Crippen LogP contribution in [0.1, 0.15) is 213 Å². The first-order valence-electron chi connectivity index (χ1n) is 26.8. The lowest BCUT2D eigenvalue weighted by Gasteiger charge is -2.40. The second-order valence-corrected chi connectivity index (χ2v) is 18.3. The molecule has 9 heteroatoms. The van der Waals surface area contributed by atoms with Crippen LogP contribution in [0, 0.1) is 0 Å². The first-order valence-corrected chi connectivity index (χ1v) is 26.8. The highest BCUT2D eigenvalue weighted by molar-refractivity contribution is 5.76. The standard InChI is InChI=1S/C57H99NO8/c1-3-5-7-9-11-13-15-17-19-21-22-23-24-25-26-27-28-29-30-31-33-35-37-39-41-43-45-47-53(61)58-50(49-65-57-56(64)55(63)54(62)52(48-59)66-57)51(60)46-44-42-40-38-36-34-32-20-18-16-14-12-10-8-6-4-2/h5,7,11,13,17,19,22-23,25-26,36,38,44,46,50-52,54-57,59-60,62-64H,3-4,6,8-10,12,14-16,18,20-21,24,27-35,37,39-43,45,47-49H2,1-2H3,(H,58,61)/b7-5-,13-11-,19-17-,23-22-,26-25-,38-36+,46-44+. The Hall–Kier alpha value is -2.63. The molecule has 1 saturated heterocycles. The molecule has 0 aliphatic carbocycles. The summed E-state index contributed by atoms with van der Waals surface area (Å²) in [5.41, 5.74) is 0. The zero-order valence-corrected chi connectivity index (χ0v) is 41.9. The third-order valence-corrected chi connectivity index (χ3v) is 12.2. The predicted molar refractivity (Wildman–Crippen MR) is 276 cm³/mol. The Morgan fingerprint density at radius 1 is 0.530 bits per heavy atom. The van der Waals surface area contributed by atoms with E-state index < -0.39 is 49.5 Å². The maximum absolute atomic E-state index is 13.0. The van der Waals surface area contributed by atoms with Crippen LogP contribution in [0.25, 0.3) is 0 Å². The van der Waals surface area contributed by atoms with Crippen molar-refractivity contribution in [1.29, 1.82) is 0 Å². The van der Waals surface area contributed by atoms with Gasteiger partial charge in [-0.1, -0.05) is 214 Å². The zero-order valence-electron chi connectivity index (χ0n) is 41.9. The van der Waals surface area contributed by atoms with Gasteiger partial charge in [-0.05, 0) is 77.0 Å². The van der Waals surface area contributed by atoms with Gasteiger partial charge in [0.2, 0.25) is 5.91 Å². The first kappa shape index (κ1) is 61.4. The van der Waals surface area contributed by atoms with Crippen LogP contribution in [0.2, 0.25) is 0 Å². The highest BCUT2D eigenvalue weighted by atomic mass is 16.7. The molecule has 0 saturated carbocycles. The molecule has 66 heavy (non-hydrogen) atoms. The van der Waals surface area contributed by atoms with Gasteiger partial charge in [-0.25, -0.2) is 0 Å². The van der Waals surface area contributed by atoms with E-state index in [0.717, 1.165) is 77.0 Å². The lowest BCUT2D eigenvalue weighted by atomic mass is 9.99. The van der Waals surface area contributed by atoms with Crippen LogP contribution in [0.5, 0.6) is 0 Å². The minimum absolute atomic E-state index is 0.193. The molecule has 1 amide bonds. The summed E-state index contributed by atoms with van der Waals surface area (Å²) in [5, 5.41) is 54.4. The number of ether oxygens (including phenoxy) is 2. The van der Waals surface area contributed by atoms with E-state index in [1.807, 2.05) is 6.08 Å². The Balaban J connectivity index is 2.26. The number of nitrogens with one attached hydrogen (secondary N) is 1. The van der Waals surface area contributed by atoms with Gasteiger partial charge < -0.3 is 40.3 Å². The molecule has 9 nitrogen and oxygen atoms in total. The molecular formula is C57H99NO8. The van der Waals surface area contributed by atoms with Gasteiger partial charge >= 0.3 is 0 Å². The summed E-state index contributed by atoms with van der Waals surface area (Å²) in [6.07, 6.45) is 57.8. The maximum atomic E-state index is 13.0. The van der Waals surface area contributed by atoms with Crippen molar-refractivity contribution in [2.45, 2.75) is 256 Å². The van der Waals surface area contributed by atoms with Crippen molar-refractivity contribution >= 4 is 5.91 Å². The fourth-order valence-corrected chi connectivity index (χ4v) is 7.96. The number of amides is 1. The second kappa shape index (κ2) is 46.1. The molecule has 1 rings (SSSR count). The van der Waals surface area contributed by atoms with Gasteiger partial charge in [-0.15, -0.1) is 0 Å². The van der Waals surface area contributed by atoms with Gasteiger partial charge in [0.05, 0.1) is 25.4 Å². The highest BCUT2D eigenvalue weighted by Crippen LogP contribution is 2.23. The fraction of sp³-hybridized carbons (Fsp3) is 0.737. The SMILES string of the molecule is CC/C=C\C/C=C\C/C=C\C/C=C\C/C=C\CCCCCCCCCCCCCC(=O)NC(COC1OC(CO)C(O)C(O)C1O)C(O)/C=C/CC/C=C/CCCCCCCCCCCC. The molecule has 7 unspecified atom stereocenters. The van der Waals surface area contributed by atoms with E-state index in [1.54, 1.807) is 6.08 Å². The van der Waals surface area contributed by atoms with Crippen molar-refractivity contribution in [3.05, 3.63) is 85.1 Å². The summed E-state index contributed by atoms with van der Waals surface area (Å²) in [5.74, 6) is -0.193. The first-order chi connectivity index (χ1) is 32.3. The maximum Gasteiger partial charge on any atom is 0.220 e. The molecule has 0 bridgehead atoms. The third-order valence-electron chi connectivity index (χ3n) is 12.2. The average molecular weight is 926 g/mol. The number of hydrogen-bond acceptors (Lipinski definition) is 8. The molecule has 1 fully saturated rings. The number of carbonyl (C=O) groups excluding carboxylic acids is 1. The minimum atomic E-state index is -1.58. The van der Waals surface area contributed by atoms with E-state index in [0.29, 0.717) is 6.42 Å². The molecule has 0 radical (unpaired) electrons. The monoisotopic (exact) mass is 926 g/mol. The third kappa shape index (κ3) is 35.5. The molecule has 0 aromatic rings. The molecule has 380 valence electrons. The summed E-state index contributed by atoms with van der Waals surface area (Å²) < 4.78 is 11.2. The molecule has 7 atom stereocenters. The van der Waals surface area contributed by atoms with E-state index in [4.69, 9.17) is 9.47 Å². The highest BCUT2D eigenvalue weighted by Gasteiger charge is 2.44. The van der Waals surface area contributed by atoms with Crippen LogP contribution >= 0.6 is 0 Å². The molecule has 1 aliphatic heterocycles. The normalized spacial score (nSPS) is 20.5. The number of unbranched alkanes of at least 4 members (excludes halogenated alkanes) is 22. The fourth-order valence-electron chi connectivity index (χ4n) is 7.96. The number of aliphatic hydroxyl groups is 5. The molecule has 1 aliphatic rings. The second-order valence-electron chi connectivity index (χ2n) is 18.3. The molecule has 0 aromatic heterocycles. The average Bonchev–Trinajstić information content (AvgIpc) is 3.32. The van der Waals surface area contributed by atoms with Gasteiger partial charge in [-0.3, -0.25) is 4.79 Å². The largest absolute Gasteiger partial charge is 0.394 e. The Morgan fingerprint density at radius 2 is 0.955 bits per heavy atom. The van der Waals surface area contributed by atoms with Crippen LogP contribution < -0.4 is 5.32 Å². The predicted octanol–water partition coefficient (Wildman–Crippen LogP) is 12.7. The van der Waals surface area contributed by atoms with E-state index in [-0.39, 0.29) is 12.5 Å². The number of aliphatic hydroxyl groups excluding tert-OH is 5. The number of carbonyl (C=O) groups is 1. The van der Waals surface area contributed by atoms with E-state index >= 15 is 0 Å². The lowest BCUT2D eigenvalue weighted by Crippen LogP contribution is -2.60.